The molecule has 43 heavy (non-hydrogen) atoms. The third-order valence-electron chi connectivity index (χ3n) is 7.97. The van der Waals surface area contributed by atoms with Crippen LogP contribution in [0, 0.1) is 17.5 Å². The molecule has 6 heterocycles. The first kappa shape index (κ1) is 25.6. The molecule has 0 unspecified atom stereocenters. The number of fused-ring (bicyclic) bond motifs is 9. The number of thiophene rings is 4. The monoisotopic (exact) mass is 766 g/mol. The summed E-state index contributed by atoms with van der Waals surface area (Å²) < 4.78 is 56.7. The SMILES string of the molecule is Fc1c(-c2[se]c3ccccc3c2F)sc2cc3sc4c5cc6cc(-c7[se]c8ccccc8c7F)sc6cc5sc4c3cc12. The van der Waals surface area contributed by atoms with Gasteiger partial charge in [0.05, 0.1) is 0 Å². The molecule has 9 heteroatoms. The van der Waals surface area contributed by atoms with Crippen molar-refractivity contribution in [3.8, 4) is 18.6 Å². The molecule has 6 aromatic heterocycles. The molecule has 0 aliphatic rings. The molecule has 0 aliphatic carbocycles. The Morgan fingerprint density at radius 1 is 0.465 bits per heavy atom. The molecule has 0 bridgehead atoms. The second kappa shape index (κ2) is 9.16. The van der Waals surface area contributed by atoms with E-state index < -0.39 is 0 Å². The van der Waals surface area contributed by atoms with E-state index in [0.29, 0.717) is 20.1 Å². The molecule has 4 aromatic carbocycles. The Bertz CT molecular complexity index is 2790. The number of rotatable bonds is 2. The van der Waals surface area contributed by atoms with Crippen LogP contribution in [0.25, 0.3) is 87.7 Å². The second-order valence-electron chi connectivity index (χ2n) is 10.4. The Labute approximate surface area is 269 Å². The van der Waals surface area contributed by atoms with Crippen LogP contribution in [-0.4, -0.2) is 29.0 Å². The van der Waals surface area contributed by atoms with E-state index in [1.807, 2.05) is 48.5 Å². The van der Waals surface area contributed by atoms with Gasteiger partial charge in [0.1, 0.15) is 0 Å². The third-order valence-corrected chi connectivity index (χ3v) is 18.2. The van der Waals surface area contributed by atoms with E-state index in [-0.39, 0.29) is 46.5 Å². The van der Waals surface area contributed by atoms with Gasteiger partial charge in [-0.3, -0.25) is 0 Å². The summed E-state index contributed by atoms with van der Waals surface area (Å²) in [5.41, 5.74) is 0. The fourth-order valence-corrected chi connectivity index (χ4v) is 16.0. The molecule has 0 amide bonds. The van der Waals surface area contributed by atoms with E-state index in [0.717, 1.165) is 52.8 Å². The fraction of sp³-hybridized carbons (Fsp3) is 0. The first-order chi connectivity index (χ1) is 21.0. The predicted octanol–water partition coefficient (Wildman–Crippen LogP) is 11.9. The summed E-state index contributed by atoms with van der Waals surface area (Å²) in [5.74, 6) is -0.674. The van der Waals surface area contributed by atoms with Crippen molar-refractivity contribution in [2.24, 2.45) is 0 Å². The predicted molar refractivity (Wildman–Crippen MR) is 185 cm³/mol. The summed E-state index contributed by atoms with van der Waals surface area (Å²) in [7, 11) is 0. The first-order valence-electron chi connectivity index (χ1n) is 13.3. The van der Waals surface area contributed by atoms with Crippen molar-refractivity contribution < 1.29 is 13.2 Å². The van der Waals surface area contributed by atoms with Crippen LogP contribution in [0.5, 0.6) is 0 Å². The molecule has 10 aromatic rings. The molecule has 0 saturated carbocycles. The van der Waals surface area contributed by atoms with E-state index >= 15 is 13.2 Å². The molecule has 0 aliphatic heterocycles. The van der Waals surface area contributed by atoms with Gasteiger partial charge in [-0.15, -0.1) is 0 Å². The molecule has 0 spiro atoms. The van der Waals surface area contributed by atoms with E-state index in [1.54, 1.807) is 40.1 Å². The van der Waals surface area contributed by atoms with Crippen LogP contribution in [-0.2, 0) is 0 Å². The maximum atomic E-state index is 15.9. The summed E-state index contributed by atoms with van der Waals surface area (Å²) in [6.07, 6.45) is 0. The van der Waals surface area contributed by atoms with Crippen LogP contribution >= 0.6 is 45.3 Å². The van der Waals surface area contributed by atoms with Gasteiger partial charge in [0.15, 0.2) is 0 Å². The van der Waals surface area contributed by atoms with Gasteiger partial charge in [-0.05, 0) is 0 Å². The van der Waals surface area contributed by atoms with E-state index in [4.69, 9.17) is 0 Å². The molecule has 0 fully saturated rings. The Balaban J connectivity index is 1.13. The summed E-state index contributed by atoms with van der Waals surface area (Å²) in [6, 6.07) is 25.9. The average Bonchev–Trinajstić information content (AvgIpc) is 3.85. The Kier molecular flexibility index (Phi) is 5.45. The molecular formula is C34H13F3S4Se2. The van der Waals surface area contributed by atoms with Crippen molar-refractivity contribution >= 4 is 143 Å². The summed E-state index contributed by atoms with van der Waals surface area (Å²) in [6.45, 7) is 0. The molecule has 10 rings (SSSR count). The van der Waals surface area contributed by atoms with Crippen molar-refractivity contribution in [2.75, 3.05) is 0 Å². The van der Waals surface area contributed by atoms with Gasteiger partial charge in [-0.25, -0.2) is 0 Å². The van der Waals surface area contributed by atoms with Crippen molar-refractivity contribution in [1.29, 1.82) is 0 Å². The zero-order valence-corrected chi connectivity index (χ0v) is 28.3. The summed E-state index contributed by atoms with van der Waals surface area (Å²) in [5, 5.41) is 5.28. The molecule has 0 nitrogen and oxygen atoms in total. The molecule has 0 radical (unpaired) electrons. The average molecular weight is 765 g/mol. The van der Waals surface area contributed by atoms with Crippen molar-refractivity contribution in [2.45, 2.75) is 0 Å². The van der Waals surface area contributed by atoms with E-state index in [2.05, 4.69) is 24.3 Å². The van der Waals surface area contributed by atoms with Crippen LogP contribution in [0.1, 0.15) is 0 Å². The van der Waals surface area contributed by atoms with Crippen LogP contribution in [0.2, 0.25) is 0 Å². The van der Waals surface area contributed by atoms with Gasteiger partial charge >= 0.3 is 272 Å². The molecule has 206 valence electrons. The number of benzene rings is 4. The van der Waals surface area contributed by atoms with Gasteiger partial charge in [-0.1, -0.05) is 0 Å². The standard InChI is InChI=1S/C34H13F3S4Se2/c35-27-17-11-19-23(13-21(17)41-32(27)34-29(37)16-6-2-4-8-26(16)43-34)40-30-18-9-14-10-24(38-20(14)12-22(18)39-31(19)30)33-28(36)15-5-1-3-7-25(15)42-33/h1-13H. The molecular weight excluding hydrogens is 752 g/mol. The zero-order valence-electron chi connectivity index (χ0n) is 21.6. The number of hydrogen-bond donors (Lipinski definition) is 0. The molecule has 0 N–H and O–H groups in total. The summed E-state index contributed by atoms with van der Waals surface area (Å²) >= 11 is 6.19. The maximum absolute atomic E-state index is 15.9. The normalized spacial score (nSPS) is 12.5. The van der Waals surface area contributed by atoms with Gasteiger partial charge in [0, 0.05) is 0 Å². The van der Waals surface area contributed by atoms with Crippen molar-refractivity contribution in [3.05, 3.63) is 96.3 Å². The van der Waals surface area contributed by atoms with Gasteiger partial charge in [0.2, 0.25) is 0 Å². The molecule has 0 atom stereocenters. The van der Waals surface area contributed by atoms with Crippen LogP contribution < -0.4 is 0 Å². The second-order valence-corrected chi connectivity index (χ2v) is 19.1. The summed E-state index contributed by atoms with van der Waals surface area (Å²) in [4.78, 5) is 1.45. The van der Waals surface area contributed by atoms with E-state index in [1.165, 1.54) is 26.1 Å². The number of hydrogen-bond acceptors (Lipinski definition) is 4. The van der Waals surface area contributed by atoms with Crippen LogP contribution in [0.4, 0.5) is 13.2 Å². The van der Waals surface area contributed by atoms with Gasteiger partial charge in [0.25, 0.3) is 0 Å². The Morgan fingerprint density at radius 2 is 1.05 bits per heavy atom. The third kappa shape index (κ3) is 3.59. The minimum absolute atomic E-state index is 0.0370. The van der Waals surface area contributed by atoms with Gasteiger partial charge < -0.3 is 0 Å². The minimum atomic E-state index is -0.313. The quantitative estimate of drug-likeness (QED) is 0.154. The molecule has 0 saturated heterocycles. The Hall–Kier alpha value is -2.71. The Morgan fingerprint density at radius 3 is 1.74 bits per heavy atom. The first-order valence-corrected chi connectivity index (χ1v) is 20.0. The number of halogens is 3. The van der Waals surface area contributed by atoms with Crippen molar-refractivity contribution in [1.82, 2.24) is 0 Å². The van der Waals surface area contributed by atoms with Crippen molar-refractivity contribution in [3.63, 3.8) is 0 Å². The fourth-order valence-electron chi connectivity index (χ4n) is 5.94. The van der Waals surface area contributed by atoms with Crippen LogP contribution in [0.15, 0.2) is 78.9 Å². The van der Waals surface area contributed by atoms with Gasteiger partial charge in [-0.2, -0.15) is 0 Å². The topological polar surface area (TPSA) is 0 Å². The van der Waals surface area contributed by atoms with Crippen LogP contribution in [0.3, 0.4) is 0 Å². The van der Waals surface area contributed by atoms with E-state index in [9.17, 15) is 0 Å². The zero-order chi connectivity index (χ0) is 28.6.